The predicted molar refractivity (Wildman–Crippen MR) is 95.4 cm³/mol. The third kappa shape index (κ3) is 3.98. The first kappa shape index (κ1) is 16.1. The highest BCUT2D eigenvalue weighted by atomic mass is 35.5. The topological polar surface area (TPSA) is 51.1 Å². The molecule has 3 rings (SSSR count). The molecule has 1 aliphatic rings. The number of anilines is 1. The lowest BCUT2D eigenvalue weighted by Gasteiger charge is -2.12. The molecule has 0 radical (unpaired) electrons. The van der Waals surface area contributed by atoms with Crippen LogP contribution in [0.1, 0.15) is 18.4 Å². The Morgan fingerprint density at radius 1 is 1.30 bits per heavy atom. The predicted octanol–water partition coefficient (Wildman–Crippen LogP) is 3.38. The van der Waals surface area contributed by atoms with Crippen LogP contribution in [0, 0.1) is 0 Å². The summed E-state index contributed by atoms with van der Waals surface area (Å²) < 4.78 is 1.55. The number of halogens is 1. The number of carbonyl (C=O) groups excluding carboxylic acids is 1. The van der Waals surface area contributed by atoms with E-state index in [2.05, 4.69) is 5.32 Å². The molecule has 1 aromatic heterocycles. The average molecular weight is 349 g/mol. The second kappa shape index (κ2) is 7.23. The summed E-state index contributed by atoms with van der Waals surface area (Å²) >= 11 is 7.83. The van der Waals surface area contributed by atoms with Crippen molar-refractivity contribution >= 4 is 35.0 Å². The lowest BCUT2D eigenvalue weighted by atomic mass is 10.2. The van der Waals surface area contributed by atoms with Crippen molar-refractivity contribution < 1.29 is 4.79 Å². The van der Waals surface area contributed by atoms with Gasteiger partial charge in [-0.05, 0) is 36.3 Å². The fourth-order valence-electron chi connectivity index (χ4n) is 2.55. The number of nitrogens with one attached hydrogen (secondary N) is 1. The van der Waals surface area contributed by atoms with Gasteiger partial charge >= 0.3 is 0 Å². The van der Waals surface area contributed by atoms with Crippen LogP contribution in [-0.4, -0.2) is 21.5 Å². The van der Waals surface area contributed by atoms with Crippen LogP contribution < -0.4 is 10.9 Å². The van der Waals surface area contributed by atoms with E-state index in [1.807, 2.05) is 18.2 Å². The fourth-order valence-corrected chi connectivity index (χ4v) is 3.90. The third-order valence-corrected chi connectivity index (χ3v) is 5.52. The van der Waals surface area contributed by atoms with Crippen LogP contribution in [0.3, 0.4) is 0 Å². The Kier molecular flexibility index (Phi) is 5.08. The van der Waals surface area contributed by atoms with Gasteiger partial charge in [-0.25, -0.2) is 0 Å². The molecule has 0 spiro atoms. The number of nitrogens with zero attached hydrogens (tertiary/aromatic N) is 1. The van der Waals surface area contributed by atoms with E-state index < -0.39 is 0 Å². The summed E-state index contributed by atoms with van der Waals surface area (Å²) in [7, 11) is 0. The minimum Gasteiger partial charge on any atom is -0.324 e. The van der Waals surface area contributed by atoms with Crippen molar-refractivity contribution in [2.24, 2.45) is 0 Å². The number of amides is 1. The SMILES string of the molecule is O=C(Nc1ccc(=O)n(Cc2ccccc2Cl)c1)[C@@H]1CCCS1. The normalized spacial score (nSPS) is 17.2. The Morgan fingerprint density at radius 2 is 2.13 bits per heavy atom. The molecule has 2 heterocycles. The van der Waals surface area contributed by atoms with Gasteiger partial charge in [-0.2, -0.15) is 0 Å². The smallest absolute Gasteiger partial charge is 0.250 e. The molecular weight excluding hydrogens is 332 g/mol. The quantitative estimate of drug-likeness (QED) is 0.921. The monoisotopic (exact) mass is 348 g/mol. The summed E-state index contributed by atoms with van der Waals surface area (Å²) in [5.41, 5.74) is 1.37. The van der Waals surface area contributed by atoms with Crippen LogP contribution >= 0.6 is 23.4 Å². The zero-order chi connectivity index (χ0) is 16.2. The molecule has 1 atom stereocenters. The van der Waals surface area contributed by atoms with Gasteiger partial charge in [-0.1, -0.05) is 29.8 Å². The molecule has 0 aliphatic carbocycles. The number of hydrogen-bond acceptors (Lipinski definition) is 3. The zero-order valence-electron chi connectivity index (χ0n) is 12.5. The summed E-state index contributed by atoms with van der Waals surface area (Å²) in [6, 6.07) is 10.5. The van der Waals surface area contributed by atoms with E-state index in [4.69, 9.17) is 11.6 Å². The first-order valence-corrected chi connectivity index (χ1v) is 8.92. The maximum atomic E-state index is 12.2. The van der Waals surface area contributed by atoms with Gasteiger partial charge in [0.05, 0.1) is 17.5 Å². The van der Waals surface area contributed by atoms with Crippen LogP contribution in [0.4, 0.5) is 5.69 Å². The number of rotatable bonds is 4. The Morgan fingerprint density at radius 3 is 2.87 bits per heavy atom. The van der Waals surface area contributed by atoms with Crippen molar-refractivity contribution in [1.29, 1.82) is 0 Å². The van der Waals surface area contributed by atoms with E-state index in [-0.39, 0.29) is 16.7 Å². The van der Waals surface area contributed by atoms with Gasteiger partial charge in [0, 0.05) is 17.3 Å². The van der Waals surface area contributed by atoms with Crippen LogP contribution in [0.25, 0.3) is 0 Å². The molecule has 2 aromatic rings. The summed E-state index contributed by atoms with van der Waals surface area (Å²) in [5.74, 6) is 1.04. The average Bonchev–Trinajstić information content (AvgIpc) is 3.07. The Balaban J connectivity index is 1.77. The van der Waals surface area contributed by atoms with Crippen molar-refractivity contribution in [2.75, 3.05) is 11.1 Å². The third-order valence-electron chi connectivity index (χ3n) is 3.77. The number of aromatic nitrogens is 1. The van der Waals surface area contributed by atoms with E-state index in [1.165, 1.54) is 6.07 Å². The first-order valence-electron chi connectivity index (χ1n) is 7.50. The standard InChI is InChI=1S/C17H17ClN2O2S/c18-14-5-2-1-4-12(14)10-20-11-13(7-8-16(20)21)19-17(22)15-6-3-9-23-15/h1-2,4-5,7-8,11,15H,3,6,9-10H2,(H,19,22)/t15-/m0/s1. The number of hydrogen-bond donors (Lipinski definition) is 1. The molecule has 1 amide bonds. The van der Waals surface area contributed by atoms with Crippen molar-refractivity contribution in [2.45, 2.75) is 24.6 Å². The second-order valence-corrected chi connectivity index (χ2v) is 7.18. The first-order chi connectivity index (χ1) is 11.1. The van der Waals surface area contributed by atoms with Crippen molar-refractivity contribution in [3.8, 4) is 0 Å². The Hall–Kier alpha value is -1.72. The van der Waals surface area contributed by atoms with Gasteiger partial charge in [0.15, 0.2) is 0 Å². The molecule has 120 valence electrons. The number of thioether (sulfide) groups is 1. The van der Waals surface area contributed by atoms with E-state index in [0.29, 0.717) is 17.3 Å². The van der Waals surface area contributed by atoms with E-state index in [0.717, 1.165) is 24.2 Å². The second-order valence-electron chi connectivity index (χ2n) is 5.47. The molecule has 4 nitrogen and oxygen atoms in total. The highest BCUT2D eigenvalue weighted by Gasteiger charge is 2.23. The summed E-state index contributed by atoms with van der Waals surface area (Å²) in [6.07, 6.45) is 3.66. The van der Waals surface area contributed by atoms with Crippen molar-refractivity contribution in [3.05, 3.63) is 63.5 Å². The van der Waals surface area contributed by atoms with Crippen LogP contribution in [0.5, 0.6) is 0 Å². The van der Waals surface area contributed by atoms with Crippen molar-refractivity contribution in [1.82, 2.24) is 4.57 Å². The molecule has 23 heavy (non-hydrogen) atoms. The highest BCUT2D eigenvalue weighted by molar-refractivity contribution is 8.00. The molecule has 0 unspecified atom stereocenters. The highest BCUT2D eigenvalue weighted by Crippen LogP contribution is 2.27. The van der Waals surface area contributed by atoms with Crippen LogP contribution in [0.2, 0.25) is 5.02 Å². The minimum absolute atomic E-state index is 0.00967. The summed E-state index contributed by atoms with van der Waals surface area (Å²) in [4.78, 5) is 24.2. The maximum Gasteiger partial charge on any atom is 0.250 e. The number of pyridine rings is 1. The number of carbonyl (C=O) groups is 1. The van der Waals surface area contributed by atoms with E-state index in [9.17, 15) is 9.59 Å². The zero-order valence-corrected chi connectivity index (χ0v) is 14.1. The molecule has 1 aromatic carbocycles. The summed E-state index contributed by atoms with van der Waals surface area (Å²) in [5, 5.41) is 3.53. The van der Waals surface area contributed by atoms with Gasteiger partial charge < -0.3 is 9.88 Å². The molecule has 0 saturated carbocycles. The largest absolute Gasteiger partial charge is 0.324 e. The minimum atomic E-state index is -0.127. The van der Waals surface area contributed by atoms with Gasteiger partial charge in [0.25, 0.3) is 5.56 Å². The van der Waals surface area contributed by atoms with Gasteiger partial charge in [-0.3, -0.25) is 9.59 Å². The lowest BCUT2D eigenvalue weighted by Crippen LogP contribution is -2.25. The Labute approximate surface area is 143 Å². The maximum absolute atomic E-state index is 12.2. The molecule has 1 saturated heterocycles. The Bertz CT molecular complexity index is 769. The molecule has 0 bridgehead atoms. The lowest BCUT2D eigenvalue weighted by molar-refractivity contribution is -0.115. The van der Waals surface area contributed by atoms with Crippen molar-refractivity contribution in [3.63, 3.8) is 0 Å². The fraction of sp³-hybridized carbons (Fsp3) is 0.294. The van der Waals surface area contributed by atoms with Crippen LogP contribution in [-0.2, 0) is 11.3 Å². The van der Waals surface area contributed by atoms with Crippen LogP contribution in [0.15, 0.2) is 47.4 Å². The summed E-state index contributed by atoms with van der Waals surface area (Å²) in [6.45, 7) is 0.375. The van der Waals surface area contributed by atoms with Gasteiger partial charge in [0.1, 0.15) is 0 Å². The molecule has 1 fully saturated rings. The van der Waals surface area contributed by atoms with Gasteiger partial charge in [-0.15, -0.1) is 11.8 Å². The van der Waals surface area contributed by atoms with Gasteiger partial charge in [0.2, 0.25) is 5.91 Å². The van der Waals surface area contributed by atoms with E-state index >= 15 is 0 Å². The van der Waals surface area contributed by atoms with E-state index in [1.54, 1.807) is 34.7 Å². The molecule has 6 heteroatoms. The molecular formula is C17H17ClN2O2S. The molecule has 1 aliphatic heterocycles. The molecule has 1 N–H and O–H groups in total. The number of benzene rings is 1.